The molecule has 2 aromatic rings. The topological polar surface area (TPSA) is 75.7 Å². The minimum atomic E-state index is -0.970. The number of carbonyl (C=O) groups is 3. The van der Waals surface area contributed by atoms with Crippen molar-refractivity contribution < 1.29 is 23.5 Å². The minimum Gasteiger partial charge on any atom is -0.452 e. The number of para-hydroxylation sites is 1. The third-order valence-electron chi connectivity index (χ3n) is 4.41. The largest absolute Gasteiger partial charge is 0.452 e. The molecular formula is C21H21FN2O4S. The predicted octanol–water partition coefficient (Wildman–Crippen LogP) is 2.90. The molecule has 1 aliphatic rings. The van der Waals surface area contributed by atoms with Crippen LogP contribution < -0.4 is 10.2 Å². The number of rotatable bonds is 7. The smallest absolute Gasteiger partial charge is 0.308 e. The van der Waals surface area contributed by atoms with Gasteiger partial charge in [0.2, 0.25) is 5.91 Å². The van der Waals surface area contributed by atoms with Gasteiger partial charge in [-0.2, -0.15) is 0 Å². The number of esters is 1. The Kier molecular flexibility index (Phi) is 6.87. The fourth-order valence-corrected chi connectivity index (χ4v) is 3.78. The number of amides is 2. The molecule has 0 bridgehead atoms. The van der Waals surface area contributed by atoms with E-state index in [0.29, 0.717) is 5.75 Å². The van der Waals surface area contributed by atoms with Gasteiger partial charge in [-0.25, -0.2) is 4.39 Å². The number of hydrogen-bond acceptors (Lipinski definition) is 5. The molecule has 0 fully saturated rings. The number of nitrogens with one attached hydrogen (secondary N) is 1. The van der Waals surface area contributed by atoms with E-state index in [9.17, 15) is 18.8 Å². The number of hydrogen-bond donors (Lipinski definition) is 1. The monoisotopic (exact) mass is 416 g/mol. The molecule has 3 rings (SSSR count). The summed E-state index contributed by atoms with van der Waals surface area (Å²) in [7, 11) is 0. The van der Waals surface area contributed by atoms with Crippen LogP contribution in [0.1, 0.15) is 18.9 Å². The molecule has 29 heavy (non-hydrogen) atoms. The molecule has 8 heteroatoms. The highest BCUT2D eigenvalue weighted by Gasteiger charge is 2.25. The van der Waals surface area contributed by atoms with Crippen molar-refractivity contribution in [3.8, 4) is 0 Å². The molecule has 0 aromatic heterocycles. The quantitative estimate of drug-likeness (QED) is 0.703. The Morgan fingerprint density at radius 2 is 1.93 bits per heavy atom. The lowest BCUT2D eigenvalue weighted by molar-refractivity contribution is -0.154. The van der Waals surface area contributed by atoms with Gasteiger partial charge in [0.25, 0.3) is 5.91 Å². The molecule has 1 aliphatic heterocycles. The standard InChI is InChI=1S/C21H21FN2O4S/c1-14(21(27)23-12-15-6-8-16(22)9-7-15)28-20(26)10-11-24-17-4-2-3-5-18(17)29-13-19(24)25/h2-9,14H,10-13H2,1H3,(H,23,27)/t14-/m1/s1. The van der Waals surface area contributed by atoms with Crippen LogP contribution >= 0.6 is 11.8 Å². The fourth-order valence-electron chi connectivity index (χ4n) is 2.85. The molecule has 2 amide bonds. The SMILES string of the molecule is C[C@@H](OC(=O)CCN1C(=O)CSc2ccccc21)C(=O)NCc1ccc(F)cc1. The van der Waals surface area contributed by atoms with Crippen LogP contribution in [0.4, 0.5) is 10.1 Å². The second-order valence-corrected chi connectivity index (χ2v) is 7.55. The van der Waals surface area contributed by atoms with Crippen LogP contribution in [0.25, 0.3) is 0 Å². The summed E-state index contributed by atoms with van der Waals surface area (Å²) < 4.78 is 18.1. The van der Waals surface area contributed by atoms with E-state index in [1.54, 1.807) is 17.0 Å². The lowest BCUT2D eigenvalue weighted by Crippen LogP contribution is -2.38. The van der Waals surface area contributed by atoms with Gasteiger partial charge in [-0.15, -0.1) is 11.8 Å². The zero-order valence-electron chi connectivity index (χ0n) is 15.9. The molecule has 0 unspecified atom stereocenters. The lowest BCUT2D eigenvalue weighted by Gasteiger charge is -2.28. The van der Waals surface area contributed by atoms with Crippen molar-refractivity contribution in [2.24, 2.45) is 0 Å². The second-order valence-electron chi connectivity index (χ2n) is 6.53. The van der Waals surface area contributed by atoms with Crippen LogP contribution in [0.2, 0.25) is 0 Å². The van der Waals surface area contributed by atoms with Gasteiger partial charge in [0, 0.05) is 18.0 Å². The van der Waals surface area contributed by atoms with Crippen LogP contribution in [-0.4, -0.2) is 36.2 Å². The summed E-state index contributed by atoms with van der Waals surface area (Å²) in [5, 5.41) is 2.64. The van der Waals surface area contributed by atoms with E-state index in [-0.39, 0.29) is 31.2 Å². The van der Waals surface area contributed by atoms with Crippen LogP contribution in [0, 0.1) is 5.82 Å². The van der Waals surface area contributed by atoms with E-state index in [1.807, 2.05) is 24.3 Å². The number of nitrogens with zero attached hydrogens (tertiary/aromatic N) is 1. The molecule has 2 aromatic carbocycles. The zero-order chi connectivity index (χ0) is 20.8. The summed E-state index contributed by atoms with van der Waals surface area (Å²) in [6.07, 6.45) is -0.983. The number of fused-ring (bicyclic) bond motifs is 1. The van der Waals surface area contributed by atoms with Gasteiger partial charge in [0.15, 0.2) is 6.10 Å². The van der Waals surface area contributed by atoms with Crippen molar-refractivity contribution in [3.05, 3.63) is 59.9 Å². The molecule has 1 heterocycles. The Bertz CT molecular complexity index is 904. The summed E-state index contributed by atoms with van der Waals surface area (Å²) in [6.45, 7) is 1.88. The Morgan fingerprint density at radius 3 is 2.69 bits per heavy atom. The Morgan fingerprint density at radius 1 is 1.21 bits per heavy atom. The highest BCUT2D eigenvalue weighted by molar-refractivity contribution is 8.00. The van der Waals surface area contributed by atoms with Crippen molar-refractivity contribution in [1.82, 2.24) is 5.32 Å². The summed E-state index contributed by atoms with van der Waals surface area (Å²) in [6, 6.07) is 13.3. The Balaban J connectivity index is 1.47. The Labute approximate surface area is 172 Å². The maximum absolute atomic E-state index is 12.9. The number of ether oxygens (including phenoxy) is 1. The highest BCUT2D eigenvalue weighted by atomic mass is 32.2. The van der Waals surface area contributed by atoms with Gasteiger partial charge < -0.3 is 15.0 Å². The molecule has 1 atom stereocenters. The van der Waals surface area contributed by atoms with E-state index in [1.165, 1.54) is 30.8 Å². The average molecular weight is 416 g/mol. The summed E-state index contributed by atoms with van der Waals surface area (Å²) in [5.74, 6) is -1.09. The van der Waals surface area contributed by atoms with Gasteiger partial charge in [-0.3, -0.25) is 14.4 Å². The highest BCUT2D eigenvalue weighted by Crippen LogP contribution is 2.34. The van der Waals surface area contributed by atoms with E-state index in [0.717, 1.165) is 16.1 Å². The van der Waals surface area contributed by atoms with Gasteiger partial charge in [0.1, 0.15) is 5.82 Å². The molecule has 0 radical (unpaired) electrons. The third-order valence-corrected chi connectivity index (χ3v) is 5.45. The maximum atomic E-state index is 12.9. The molecule has 152 valence electrons. The van der Waals surface area contributed by atoms with Crippen LogP contribution in [0.3, 0.4) is 0 Å². The molecule has 6 nitrogen and oxygen atoms in total. The van der Waals surface area contributed by atoms with Gasteiger partial charge >= 0.3 is 5.97 Å². The Hall–Kier alpha value is -2.87. The fraction of sp³-hybridized carbons (Fsp3) is 0.286. The first-order valence-electron chi connectivity index (χ1n) is 9.18. The molecule has 0 aliphatic carbocycles. The van der Waals surface area contributed by atoms with Crippen LogP contribution in [-0.2, 0) is 25.7 Å². The summed E-state index contributed by atoms with van der Waals surface area (Å²) >= 11 is 1.47. The zero-order valence-corrected chi connectivity index (χ0v) is 16.7. The summed E-state index contributed by atoms with van der Waals surface area (Å²) in [5.41, 5.74) is 1.52. The van der Waals surface area contributed by atoms with E-state index < -0.39 is 18.0 Å². The first kappa shape index (κ1) is 20.9. The first-order chi connectivity index (χ1) is 13.9. The molecule has 1 N–H and O–H groups in total. The normalized spacial score (nSPS) is 14.1. The van der Waals surface area contributed by atoms with Crippen molar-refractivity contribution in [3.63, 3.8) is 0 Å². The van der Waals surface area contributed by atoms with E-state index in [4.69, 9.17) is 4.74 Å². The van der Waals surface area contributed by atoms with Crippen molar-refractivity contribution in [2.75, 3.05) is 17.2 Å². The third kappa shape index (κ3) is 5.57. The number of halogens is 1. The van der Waals surface area contributed by atoms with E-state index in [2.05, 4.69) is 5.32 Å². The van der Waals surface area contributed by atoms with Crippen LogP contribution in [0.15, 0.2) is 53.4 Å². The molecule has 0 spiro atoms. The van der Waals surface area contributed by atoms with Crippen molar-refractivity contribution in [2.45, 2.75) is 30.9 Å². The van der Waals surface area contributed by atoms with Gasteiger partial charge in [-0.1, -0.05) is 24.3 Å². The first-order valence-corrected chi connectivity index (χ1v) is 10.2. The maximum Gasteiger partial charge on any atom is 0.308 e. The average Bonchev–Trinajstić information content (AvgIpc) is 2.72. The molecular weight excluding hydrogens is 395 g/mol. The van der Waals surface area contributed by atoms with Crippen molar-refractivity contribution >= 4 is 35.2 Å². The molecule has 0 saturated carbocycles. The van der Waals surface area contributed by atoms with Crippen molar-refractivity contribution in [1.29, 1.82) is 0 Å². The number of carbonyl (C=O) groups excluding carboxylic acids is 3. The molecule has 0 saturated heterocycles. The number of benzene rings is 2. The predicted molar refractivity (Wildman–Crippen MR) is 108 cm³/mol. The van der Waals surface area contributed by atoms with Crippen LogP contribution in [0.5, 0.6) is 0 Å². The summed E-state index contributed by atoms with van der Waals surface area (Å²) in [4.78, 5) is 39.0. The number of anilines is 1. The second kappa shape index (κ2) is 9.56. The van der Waals surface area contributed by atoms with E-state index >= 15 is 0 Å². The minimum absolute atomic E-state index is 0.0136. The number of thioether (sulfide) groups is 1. The van der Waals surface area contributed by atoms with Gasteiger partial charge in [-0.05, 0) is 36.8 Å². The lowest BCUT2D eigenvalue weighted by atomic mass is 10.2. The van der Waals surface area contributed by atoms with Gasteiger partial charge in [0.05, 0.1) is 17.9 Å².